The molecule has 0 N–H and O–H groups in total. The number of hydrogen-bond acceptors (Lipinski definition) is 7. The minimum Gasteiger partial charge on any atom is -0.495 e. The molecule has 2 aliphatic heterocycles. The van der Waals surface area contributed by atoms with Crippen LogP contribution in [0.1, 0.15) is 6.92 Å². The summed E-state index contributed by atoms with van der Waals surface area (Å²) in [6, 6.07) is 3.97. The number of hydrogen-bond donors (Lipinski definition) is 0. The summed E-state index contributed by atoms with van der Waals surface area (Å²) in [7, 11) is -4.47. The van der Waals surface area contributed by atoms with Crippen molar-refractivity contribution in [2.75, 3.05) is 50.4 Å². The number of anilines is 1. The topological polar surface area (TPSA) is 104 Å². The van der Waals surface area contributed by atoms with E-state index >= 15 is 0 Å². The summed E-state index contributed by atoms with van der Waals surface area (Å²) in [5.74, 6) is -1.43. The second-order valence-corrected chi connectivity index (χ2v) is 10.6. The fourth-order valence-corrected chi connectivity index (χ4v) is 6.66. The third-order valence-electron chi connectivity index (χ3n) is 4.82. The van der Waals surface area contributed by atoms with E-state index in [1.807, 2.05) is 11.9 Å². The Hall–Kier alpha value is -1.69. The molecule has 27 heavy (non-hydrogen) atoms. The van der Waals surface area contributed by atoms with Crippen LogP contribution in [0, 0.1) is 5.92 Å². The molecule has 11 heteroatoms. The van der Waals surface area contributed by atoms with E-state index in [-0.39, 0.29) is 22.1 Å². The van der Waals surface area contributed by atoms with Crippen molar-refractivity contribution >= 4 is 31.6 Å². The zero-order valence-corrected chi connectivity index (χ0v) is 17.1. The average molecular weight is 418 g/mol. The van der Waals surface area contributed by atoms with E-state index in [9.17, 15) is 21.6 Å². The van der Waals surface area contributed by atoms with E-state index in [0.29, 0.717) is 30.5 Å². The van der Waals surface area contributed by atoms with Gasteiger partial charge in [0.2, 0.25) is 26.0 Å². The Morgan fingerprint density at radius 2 is 1.78 bits per heavy atom. The molecular formula is C16H23N3O6S2. The van der Waals surface area contributed by atoms with E-state index < -0.39 is 31.9 Å². The first-order valence-electron chi connectivity index (χ1n) is 8.51. The smallest absolute Gasteiger partial charge is 0.246 e. The maximum absolute atomic E-state index is 13.1. The number of rotatable bonds is 4. The third-order valence-corrected chi connectivity index (χ3v) is 8.61. The van der Waals surface area contributed by atoms with E-state index in [1.165, 1.54) is 36.5 Å². The number of benzene rings is 1. The molecule has 0 aromatic heterocycles. The Labute approximate surface area is 159 Å². The van der Waals surface area contributed by atoms with Gasteiger partial charge in [0.15, 0.2) is 0 Å². The minimum absolute atomic E-state index is 0.0119. The summed E-state index contributed by atoms with van der Waals surface area (Å²) in [6.07, 6.45) is 0. The Morgan fingerprint density at radius 1 is 1.15 bits per heavy atom. The highest BCUT2D eigenvalue weighted by Gasteiger charge is 2.42. The van der Waals surface area contributed by atoms with Crippen molar-refractivity contribution in [2.24, 2.45) is 5.92 Å². The van der Waals surface area contributed by atoms with Crippen molar-refractivity contribution < 1.29 is 26.4 Å². The number of carbonyl (C=O) groups is 1. The molecule has 2 aliphatic rings. The van der Waals surface area contributed by atoms with E-state index in [1.54, 1.807) is 0 Å². The highest BCUT2D eigenvalue weighted by atomic mass is 32.2. The molecule has 1 aromatic rings. The monoisotopic (exact) mass is 417 g/mol. The number of sulfonamides is 2. The van der Waals surface area contributed by atoms with E-state index in [2.05, 4.69) is 0 Å². The molecule has 2 heterocycles. The maximum Gasteiger partial charge on any atom is 0.246 e. The molecule has 1 amide bonds. The van der Waals surface area contributed by atoms with Crippen LogP contribution in [0.15, 0.2) is 23.1 Å². The first kappa shape index (κ1) is 20.1. The fraction of sp³-hybridized carbons (Fsp3) is 0.562. The molecule has 1 aromatic carbocycles. The average Bonchev–Trinajstić information content (AvgIpc) is 2.82. The Bertz CT molecular complexity index is 952. The molecule has 1 atom stereocenters. The predicted octanol–water partition coefficient (Wildman–Crippen LogP) is -0.0562. The molecule has 0 spiro atoms. The number of carbonyl (C=O) groups excluding carboxylic acids is 1. The normalized spacial score (nSPS) is 24.3. The number of ether oxygens (including phenoxy) is 1. The largest absolute Gasteiger partial charge is 0.495 e. The molecule has 0 bridgehead atoms. The predicted molar refractivity (Wildman–Crippen MR) is 99.7 cm³/mol. The van der Waals surface area contributed by atoms with Gasteiger partial charge in [-0.05, 0) is 25.2 Å². The fourth-order valence-electron chi connectivity index (χ4n) is 3.25. The zero-order chi connectivity index (χ0) is 20.0. The van der Waals surface area contributed by atoms with Gasteiger partial charge in [0.1, 0.15) is 10.6 Å². The Morgan fingerprint density at radius 3 is 2.30 bits per heavy atom. The molecule has 0 aliphatic carbocycles. The molecular weight excluding hydrogens is 394 g/mol. The van der Waals surface area contributed by atoms with Crippen molar-refractivity contribution in [3.63, 3.8) is 0 Å². The van der Waals surface area contributed by atoms with Crippen LogP contribution in [-0.2, 0) is 24.8 Å². The summed E-state index contributed by atoms with van der Waals surface area (Å²) >= 11 is 0. The quantitative estimate of drug-likeness (QED) is 0.676. The molecule has 2 saturated heterocycles. The van der Waals surface area contributed by atoms with Crippen molar-refractivity contribution in [1.29, 1.82) is 0 Å². The second-order valence-electron chi connectivity index (χ2n) is 6.82. The standard InChI is InChI=1S/C16H23N3O6S2/c1-12-11-26(21,22)19(16(12)20)13-4-5-14(25-3)15(10-13)27(23,24)18-8-6-17(2)7-9-18/h4-5,10,12H,6-9,11H2,1-3H3. The van der Waals surface area contributed by atoms with Crippen LogP contribution in [0.5, 0.6) is 5.75 Å². The van der Waals surface area contributed by atoms with Crippen LogP contribution < -0.4 is 9.04 Å². The van der Waals surface area contributed by atoms with Gasteiger partial charge in [-0.2, -0.15) is 4.31 Å². The molecule has 1 unspecified atom stereocenters. The van der Waals surface area contributed by atoms with Crippen LogP contribution in [-0.4, -0.2) is 78.0 Å². The van der Waals surface area contributed by atoms with Gasteiger partial charge < -0.3 is 9.64 Å². The van der Waals surface area contributed by atoms with Crippen LogP contribution in [0.25, 0.3) is 0 Å². The first-order valence-corrected chi connectivity index (χ1v) is 11.6. The number of likely N-dealkylation sites (N-methyl/N-ethyl adjacent to an activating group) is 1. The van der Waals surface area contributed by atoms with Gasteiger partial charge in [0, 0.05) is 26.2 Å². The van der Waals surface area contributed by atoms with Crippen molar-refractivity contribution in [1.82, 2.24) is 9.21 Å². The van der Waals surface area contributed by atoms with Crippen LogP contribution in [0.2, 0.25) is 0 Å². The maximum atomic E-state index is 13.1. The lowest BCUT2D eigenvalue weighted by Crippen LogP contribution is -2.47. The second kappa shape index (κ2) is 7.04. The van der Waals surface area contributed by atoms with Crippen LogP contribution in [0.3, 0.4) is 0 Å². The summed E-state index contributed by atoms with van der Waals surface area (Å²) in [4.78, 5) is 14.2. The Kier molecular flexibility index (Phi) is 5.23. The highest BCUT2D eigenvalue weighted by Crippen LogP contribution is 2.35. The number of piperazine rings is 1. The summed E-state index contributed by atoms with van der Waals surface area (Å²) in [6.45, 7) is 3.37. The van der Waals surface area contributed by atoms with Gasteiger partial charge in [-0.15, -0.1) is 0 Å². The van der Waals surface area contributed by atoms with Crippen molar-refractivity contribution in [3.05, 3.63) is 18.2 Å². The molecule has 150 valence electrons. The highest BCUT2D eigenvalue weighted by molar-refractivity contribution is 7.94. The van der Waals surface area contributed by atoms with Crippen LogP contribution >= 0.6 is 0 Å². The number of nitrogens with zero attached hydrogens (tertiary/aromatic N) is 3. The van der Waals surface area contributed by atoms with Gasteiger partial charge in [-0.3, -0.25) is 4.79 Å². The van der Waals surface area contributed by atoms with Crippen LogP contribution in [0.4, 0.5) is 5.69 Å². The van der Waals surface area contributed by atoms with Gasteiger partial charge in [0.25, 0.3) is 0 Å². The Balaban J connectivity index is 2.06. The van der Waals surface area contributed by atoms with E-state index in [0.717, 1.165) is 0 Å². The lowest BCUT2D eigenvalue weighted by molar-refractivity contribution is -0.119. The SMILES string of the molecule is COc1ccc(N2C(=O)C(C)CS2(=O)=O)cc1S(=O)(=O)N1CCN(C)CC1. The molecule has 0 radical (unpaired) electrons. The van der Waals surface area contributed by atoms with Gasteiger partial charge in [-0.25, -0.2) is 21.1 Å². The lowest BCUT2D eigenvalue weighted by Gasteiger charge is -2.32. The number of amides is 1. The van der Waals surface area contributed by atoms with E-state index in [4.69, 9.17) is 4.74 Å². The van der Waals surface area contributed by atoms with Gasteiger partial charge in [-0.1, -0.05) is 6.92 Å². The molecule has 0 saturated carbocycles. The number of methoxy groups -OCH3 is 1. The summed E-state index contributed by atoms with van der Waals surface area (Å²) < 4.78 is 58.2. The van der Waals surface area contributed by atoms with Gasteiger partial charge >= 0.3 is 0 Å². The first-order chi connectivity index (χ1) is 12.6. The minimum atomic E-state index is -3.90. The molecule has 2 fully saturated rings. The lowest BCUT2D eigenvalue weighted by atomic mass is 10.2. The third kappa shape index (κ3) is 3.56. The zero-order valence-electron chi connectivity index (χ0n) is 15.5. The van der Waals surface area contributed by atoms with Crippen molar-refractivity contribution in [3.8, 4) is 5.75 Å². The van der Waals surface area contributed by atoms with Gasteiger partial charge in [0.05, 0.1) is 24.5 Å². The van der Waals surface area contributed by atoms with Crippen molar-refractivity contribution in [2.45, 2.75) is 11.8 Å². The summed E-state index contributed by atoms with van der Waals surface area (Å²) in [5, 5.41) is 0. The molecule has 3 rings (SSSR count). The summed E-state index contributed by atoms with van der Waals surface area (Å²) in [5.41, 5.74) is 0.0119. The molecule has 9 nitrogen and oxygen atoms in total.